The lowest BCUT2D eigenvalue weighted by Crippen LogP contribution is -2.00. The Balaban J connectivity index is 0.974. The molecule has 4 heteroatoms. The summed E-state index contributed by atoms with van der Waals surface area (Å²) in [5, 5.41) is 4.40. The number of benzene rings is 10. The lowest BCUT2D eigenvalue weighted by Gasteiger charge is -2.11. The predicted molar refractivity (Wildman–Crippen MR) is 268 cm³/mol. The molecule has 0 radical (unpaired) electrons. The normalized spacial score (nSPS) is 11.4. The van der Waals surface area contributed by atoms with Gasteiger partial charge in [0.1, 0.15) is 11.2 Å². The monoisotopic (exact) mass is 829 g/mol. The summed E-state index contributed by atoms with van der Waals surface area (Å²) < 4.78 is 6.78. The summed E-state index contributed by atoms with van der Waals surface area (Å²) in [5.41, 5.74) is 15.6. The van der Waals surface area contributed by atoms with Gasteiger partial charge in [-0.1, -0.05) is 212 Å². The Bertz CT molecular complexity index is 3690. The van der Waals surface area contributed by atoms with Crippen molar-refractivity contribution >= 4 is 32.7 Å². The molecule has 0 bridgehead atoms. The van der Waals surface area contributed by atoms with Crippen LogP contribution in [-0.4, -0.2) is 15.0 Å². The SMILES string of the molecule is c1ccc(-c2cccc(-c3ccc(-c4nc(-c5ccc(-c6ccc7ccccc7c6)cc5)nc(-c5cccc6oc7c(-c8cccc(-c9ccccc9)c8)cccc7c56)n4)cc3)c2)cc1. The van der Waals surface area contributed by atoms with Crippen LogP contribution in [0.2, 0.25) is 0 Å². The first-order valence-electron chi connectivity index (χ1n) is 21.9. The zero-order valence-corrected chi connectivity index (χ0v) is 35.3. The maximum Gasteiger partial charge on any atom is 0.164 e. The van der Waals surface area contributed by atoms with E-state index in [1.807, 2.05) is 24.3 Å². The fourth-order valence-electron chi connectivity index (χ4n) is 9.01. The van der Waals surface area contributed by atoms with Crippen LogP contribution in [0.25, 0.3) is 123 Å². The van der Waals surface area contributed by atoms with Crippen LogP contribution in [0.1, 0.15) is 0 Å². The topological polar surface area (TPSA) is 51.8 Å². The van der Waals surface area contributed by atoms with E-state index in [1.54, 1.807) is 0 Å². The number of aromatic nitrogens is 3. The minimum atomic E-state index is 0.577. The van der Waals surface area contributed by atoms with Crippen molar-refractivity contribution in [1.82, 2.24) is 15.0 Å². The maximum atomic E-state index is 6.78. The summed E-state index contributed by atoms with van der Waals surface area (Å²) in [6, 6.07) is 82.9. The highest BCUT2D eigenvalue weighted by atomic mass is 16.3. The van der Waals surface area contributed by atoms with Gasteiger partial charge < -0.3 is 4.42 Å². The van der Waals surface area contributed by atoms with Gasteiger partial charge in [0.05, 0.1) is 0 Å². The van der Waals surface area contributed by atoms with Crippen molar-refractivity contribution in [2.45, 2.75) is 0 Å². The Kier molecular flexibility index (Phi) is 9.46. The van der Waals surface area contributed by atoms with Crippen LogP contribution in [0.4, 0.5) is 0 Å². The van der Waals surface area contributed by atoms with Crippen LogP contribution in [-0.2, 0) is 0 Å². The molecule has 2 aromatic heterocycles. The zero-order valence-electron chi connectivity index (χ0n) is 35.3. The van der Waals surface area contributed by atoms with E-state index < -0.39 is 0 Å². The molecule has 0 amide bonds. The molecule has 2 heterocycles. The van der Waals surface area contributed by atoms with Crippen LogP contribution in [0.5, 0.6) is 0 Å². The minimum absolute atomic E-state index is 0.577. The second-order valence-corrected chi connectivity index (χ2v) is 16.4. The molecular formula is C61H39N3O. The van der Waals surface area contributed by atoms with Gasteiger partial charge in [0.15, 0.2) is 17.5 Å². The van der Waals surface area contributed by atoms with Gasteiger partial charge in [-0.05, 0) is 85.1 Å². The van der Waals surface area contributed by atoms with E-state index in [-0.39, 0.29) is 0 Å². The van der Waals surface area contributed by atoms with Crippen LogP contribution in [0.15, 0.2) is 241 Å². The van der Waals surface area contributed by atoms with Gasteiger partial charge in [-0.15, -0.1) is 0 Å². The molecule has 12 aromatic rings. The van der Waals surface area contributed by atoms with E-state index >= 15 is 0 Å². The van der Waals surface area contributed by atoms with Gasteiger partial charge in [0, 0.05) is 33.0 Å². The first-order chi connectivity index (χ1) is 32.2. The van der Waals surface area contributed by atoms with Gasteiger partial charge in [-0.25, -0.2) is 15.0 Å². The smallest absolute Gasteiger partial charge is 0.164 e. The van der Waals surface area contributed by atoms with E-state index in [0.29, 0.717) is 17.5 Å². The second kappa shape index (κ2) is 16.2. The van der Waals surface area contributed by atoms with Gasteiger partial charge in [-0.2, -0.15) is 0 Å². The van der Waals surface area contributed by atoms with Crippen molar-refractivity contribution in [2.75, 3.05) is 0 Å². The number of rotatable bonds is 8. The van der Waals surface area contributed by atoms with Crippen LogP contribution in [0, 0.1) is 0 Å². The number of para-hydroxylation sites is 1. The Hall–Kier alpha value is -8.73. The molecule has 0 atom stereocenters. The molecule has 0 spiro atoms. The zero-order chi connectivity index (χ0) is 43.1. The van der Waals surface area contributed by atoms with E-state index in [4.69, 9.17) is 19.4 Å². The maximum absolute atomic E-state index is 6.78. The average molecular weight is 830 g/mol. The summed E-state index contributed by atoms with van der Waals surface area (Å²) in [4.78, 5) is 15.7. The first-order valence-corrected chi connectivity index (χ1v) is 21.9. The molecule has 4 nitrogen and oxygen atoms in total. The number of fused-ring (bicyclic) bond motifs is 4. The van der Waals surface area contributed by atoms with Crippen LogP contribution < -0.4 is 0 Å². The van der Waals surface area contributed by atoms with Gasteiger partial charge >= 0.3 is 0 Å². The predicted octanol–water partition coefficient (Wildman–Crippen LogP) is 16.3. The molecule has 304 valence electrons. The molecule has 0 fully saturated rings. The molecular weight excluding hydrogens is 791 g/mol. The summed E-state index contributed by atoms with van der Waals surface area (Å²) in [6.45, 7) is 0. The van der Waals surface area contributed by atoms with E-state index in [0.717, 1.165) is 77.6 Å². The van der Waals surface area contributed by atoms with Crippen molar-refractivity contribution in [3.8, 4) is 89.8 Å². The van der Waals surface area contributed by atoms with Crippen LogP contribution >= 0.6 is 0 Å². The summed E-state index contributed by atoms with van der Waals surface area (Å²) in [7, 11) is 0. The molecule has 0 saturated carbocycles. The molecule has 0 saturated heterocycles. The van der Waals surface area contributed by atoms with Crippen molar-refractivity contribution in [1.29, 1.82) is 0 Å². The summed E-state index contributed by atoms with van der Waals surface area (Å²) in [5.74, 6) is 1.77. The Morgan fingerprint density at radius 1 is 0.262 bits per heavy atom. The van der Waals surface area contributed by atoms with E-state index in [2.05, 4.69) is 212 Å². The lowest BCUT2D eigenvalue weighted by molar-refractivity contribution is 0.670. The van der Waals surface area contributed by atoms with E-state index in [9.17, 15) is 0 Å². The first kappa shape index (κ1) is 38.0. The molecule has 0 aliphatic rings. The van der Waals surface area contributed by atoms with Crippen molar-refractivity contribution in [3.63, 3.8) is 0 Å². The summed E-state index contributed by atoms with van der Waals surface area (Å²) in [6.07, 6.45) is 0. The Morgan fingerprint density at radius 3 is 1.32 bits per heavy atom. The number of furan rings is 1. The van der Waals surface area contributed by atoms with Crippen molar-refractivity contribution < 1.29 is 4.42 Å². The molecule has 0 N–H and O–H groups in total. The van der Waals surface area contributed by atoms with Gasteiger partial charge in [-0.3, -0.25) is 0 Å². The van der Waals surface area contributed by atoms with Crippen molar-refractivity contribution in [2.24, 2.45) is 0 Å². The third-order valence-corrected chi connectivity index (χ3v) is 12.4. The fraction of sp³-hybridized carbons (Fsp3) is 0. The summed E-state index contributed by atoms with van der Waals surface area (Å²) >= 11 is 0. The molecule has 65 heavy (non-hydrogen) atoms. The molecule has 0 unspecified atom stereocenters. The Morgan fingerprint density at radius 2 is 0.692 bits per heavy atom. The fourth-order valence-corrected chi connectivity index (χ4v) is 9.01. The highest BCUT2D eigenvalue weighted by molar-refractivity contribution is 6.15. The molecule has 0 aliphatic heterocycles. The lowest BCUT2D eigenvalue weighted by atomic mass is 9.97. The standard InChI is InChI=1S/C61H39N3O/c1-3-13-40(14-4-1)48-19-9-20-49(37-48)43-27-32-45(33-28-43)59-62-60(46-34-29-44(30-35-46)51-36-31-42-17-7-8-18-47(42)38-51)64-61(63-59)55-25-12-26-56-57(55)54-24-11-23-53(58(54)65-56)52-22-10-21-50(39-52)41-15-5-2-6-16-41/h1-39H. The Labute approximate surface area is 376 Å². The van der Waals surface area contributed by atoms with Gasteiger partial charge in [0.25, 0.3) is 0 Å². The largest absolute Gasteiger partial charge is 0.455 e. The quantitative estimate of drug-likeness (QED) is 0.153. The van der Waals surface area contributed by atoms with Gasteiger partial charge in [0.2, 0.25) is 0 Å². The van der Waals surface area contributed by atoms with Crippen molar-refractivity contribution in [3.05, 3.63) is 237 Å². The highest BCUT2D eigenvalue weighted by Gasteiger charge is 2.20. The molecule has 0 aliphatic carbocycles. The third-order valence-electron chi connectivity index (χ3n) is 12.4. The molecule has 10 aromatic carbocycles. The number of hydrogen-bond donors (Lipinski definition) is 0. The highest BCUT2D eigenvalue weighted by Crippen LogP contribution is 2.41. The average Bonchev–Trinajstić information content (AvgIpc) is 3.78. The third kappa shape index (κ3) is 7.23. The number of nitrogens with zero attached hydrogens (tertiary/aromatic N) is 3. The van der Waals surface area contributed by atoms with Crippen LogP contribution in [0.3, 0.4) is 0 Å². The number of hydrogen-bond acceptors (Lipinski definition) is 4. The second-order valence-electron chi connectivity index (χ2n) is 16.4. The minimum Gasteiger partial charge on any atom is -0.455 e. The molecule has 12 rings (SSSR count). The van der Waals surface area contributed by atoms with E-state index in [1.165, 1.54) is 27.5 Å².